The molecule has 0 bridgehead atoms. The minimum atomic E-state index is -1.62. The number of hydrogen-bond acceptors (Lipinski definition) is 6. The number of hydrogen-bond donors (Lipinski definition) is 1. The Morgan fingerprint density at radius 1 is 0.744 bits per heavy atom. The fraction of sp³-hybridized carbons (Fsp3) is 0.727. The van der Waals surface area contributed by atoms with Crippen molar-refractivity contribution in [1.82, 2.24) is 0 Å². The molecule has 0 aromatic heterocycles. The van der Waals surface area contributed by atoms with Gasteiger partial charge in [0.25, 0.3) is 0 Å². The first-order valence-corrected chi connectivity index (χ1v) is 15.3. The Kier molecular flexibility index (Phi) is 17.5. The highest BCUT2D eigenvalue weighted by atomic mass is 16.6. The van der Waals surface area contributed by atoms with Gasteiger partial charge in [-0.05, 0) is 64.3 Å². The monoisotopic (exact) mass is 545 g/mol. The summed E-state index contributed by atoms with van der Waals surface area (Å²) in [4.78, 5) is 37.9. The second-order valence-electron chi connectivity index (χ2n) is 12.0. The number of unbranched alkanes of at least 4 members (excludes halogenated alkanes) is 11. The zero-order valence-corrected chi connectivity index (χ0v) is 25.6. The van der Waals surface area contributed by atoms with Crippen LogP contribution in [0.5, 0.6) is 0 Å². The number of benzene rings is 1. The van der Waals surface area contributed by atoms with Crippen molar-refractivity contribution in [2.24, 2.45) is 11.8 Å². The van der Waals surface area contributed by atoms with Crippen LogP contribution in [0.4, 0.5) is 5.69 Å². The third-order valence-corrected chi connectivity index (χ3v) is 6.63. The van der Waals surface area contributed by atoms with E-state index in [0.717, 1.165) is 24.6 Å². The zero-order valence-electron chi connectivity index (χ0n) is 25.6. The Morgan fingerprint density at radius 2 is 1.23 bits per heavy atom. The molecule has 1 N–H and O–H groups in total. The first kappa shape index (κ1) is 34.7. The van der Waals surface area contributed by atoms with Gasteiger partial charge in [0.15, 0.2) is 5.78 Å². The highest BCUT2D eigenvalue weighted by Crippen LogP contribution is 2.19. The number of nitrogens with one attached hydrogen (secondary N) is 1. The summed E-state index contributed by atoms with van der Waals surface area (Å²) in [5.74, 6) is -3.16. The van der Waals surface area contributed by atoms with E-state index in [-0.39, 0.29) is 12.2 Å². The summed E-state index contributed by atoms with van der Waals surface area (Å²) in [6, 6.07) is 6.86. The lowest BCUT2D eigenvalue weighted by Gasteiger charge is -2.22. The van der Waals surface area contributed by atoms with Crippen molar-refractivity contribution in [3.05, 3.63) is 29.8 Å². The number of rotatable bonds is 21. The Hall–Kier alpha value is -2.37. The molecule has 0 aliphatic carbocycles. The normalized spacial score (nSPS) is 12.3. The van der Waals surface area contributed by atoms with Crippen LogP contribution in [0.3, 0.4) is 0 Å². The topological polar surface area (TPSA) is 81.7 Å². The molecule has 39 heavy (non-hydrogen) atoms. The van der Waals surface area contributed by atoms with Crippen molar-refractivity contribution < 1.29 is 23.9 Å². The minimum Gasteiger partial charge on any atom is -0.465 e. The van der Waals surface area contributed by atoms with Gasteiger partial charge in [0.1, 0.15) is 5.60 Å². The molecule has 6 nitrogen and oxygen atoms in total. The van der Waals surface area contributed by atoms with Crippen molar-refractivity contribution >= 4 is 23.4 Å². The van der Waals surface area contributed by atoms with Gasteiger partial charge >= 0.3 is 11.9 Å². The van der Waals surface area contributed by atoms with Crippen molar-refractivity contribution in [1.29, 1.82) is 0 Å². The average molecular weight is 546 g/mol. The van der Waals surface area contributed by atoms with Crippen LogP contribution in [0.15, 0.2) is 24.3 Å². The van der Waals surface area contributed by atoms with Crippen LogP contribution < -0.4 is 5.32 Å². The van der Waals surface area contributed by atoms with Gasteiger partial charge in [-0.3, -0.25) is 14.4 Å². The summed E-state index contributed by atoms with van der Waals surface area (Å²) in [6.45, 7) is 12.3. The summed E-state index contributed by atoms with van der Waals surface area (Å²) >= 11 is 0. The molecule has 1 aromatic rings. The van der Waals surface area contributed by atoms with E-state index in [1.54, 1.807) is 52.0 Å². The predicted octanol–water partition coefficient (Wildman–Crippen LogP) is 8.53. The highest BCUT2D eigenvalue weighted by molar-refractivity contribution is 6.20. The SMILES string of the molecule is CCOC(=O)C(C(=O)OC(C)(C)C)C(=O)c1ccc(NCCCCCCCCCCCCCCC(C)C)cc1. The molecule has 1 aromatic carbocycles. The molecule has 222 valence electrons. The van der Waals surface area contributed by atoms with E-state index in [4.69, 9.17) is 9.47 Å². The molecule has 1 atom stereocenters. The maximum absolute atomic E-state index is 13.0. The summed E-state index contributed by atoms with van der Waals surface area (Å²) in [5.41, 5.74) is 0.360. The molecule has 1 unspecified atom stereocenters. The van der Waals surface area contributed by atoms with Crippen LogP contribution >= 0.6 is 0 Å². The van der Waals surface area contributed by atoms with Crippen molar-refractivity contribution in [2.75, 3.05) is 18.5 Å². The smallest absolute Gasteiger partial charge is 0.328 e. The molecule has 0 radical (unpaired) electrons. The maximum atomic E-state index is 13.0. The number of anilines is 1. The van der Waals surface area contributed by atoms with Gasteiger partial charge in [0, 0.05) is 17.8 Å². The van der Waals surface area contributed by atoms with Crippen LogP contribution in [-0.2, 0) is 19.1 Å². The Labute approximate surface area is 238 Å². The van der Waals surface area contributed by atoms with E-state index >= 15 is 0 Å². The van der Waals surface area contributed by atoms with Crippen LogP contribution in [0.1, 0.15) is 135 Å². The zero-order chi connectivity index (χ0) is 29.1. The third-order valence-electron chi connectivity index (χ3n) is 6.63. The van der Waals surface area contributed by atoms with E-state index in [9.17, 15) is 14.4 Å². The molecular formula is C33H55NO5. The van der Waals surface area contributed by atoms with Crippen molar-refractivity contribution in [3.63, 3.8) is 0 Å². The van der Waals surface area contributed by atoms with Gasteiger partial charge in [0.2, 0.25) is 5.92 Å². The molecular weight excluding hydrogens is 490 g/mol. The molecule has 0 heterocycles. The Bertz CT molecular complexity index is 825. The highest BCUT2D eigenvalue weighted by Gasteiger charge is 2.39. The molecule has 0 saturated heterocycles. The fourth-order valence-electron chi connectivity index (χ4n) is 4.49. The van der Waals surface area contributed by atoms with Gasteiger partial charge in [-0.15, -0.1) is 0 Å². The average Bonchev–Trinajstić information content (AvgIpc) is 2.85. The molecule has 6 heteroatoms. The van der Waals surface area contributed by atoms with Gasteiger partial charge in [-0.2, -0.15) is 0 Å². The van der Waals surface area contributed by atoms with Gasteiger partial charge in [-0.25, -0.2) is 0 Å². The van der Waals surface area contributed by atoms with Gasteiger partial charge in [-0.1, -0.05) is 90.9 Å². The molecule has 0 aliphatic heterocycles. The number of Topliss-reactive ketones (excluding diaryl/α,β-unsaturated/α-hetero) is 1. The van der Waals surface area contributed by atoms with Crippen molar-refractivity contribution in [2.45, 2.75) is 131 Å². The quantitative estimate of drug-likeness (QED) is 0.0721. The number of esters is 2. The second-order valence-corrected chi connectivity index (χ2v) is 12.0. The lowest BCUT2D eigenvalue weighted by atomic mass is 9.97. The standard InChI is InChI=1S/C33H55NO5/c1-7-38-31(36)29(32(37)39-33(4,5)6)30(35)27-21-23-28(24-22-27)34-25-19-17-15-13-11-9-8-10-12-14-16-18-20-26(2)3/h21-24,26,29,34H,7-20,25H2,1-6H3. The third kappa shape index (κ3) is 16.4. The predicted molar refractivity (Wildman–Crippen MR) is 160 cm³/mol. The Morgan fingerprint density at radius 3 is 1.69 bits per heavy atom. The van der Waals surface area contributed by atoms with Crippen LogP contribution in [-0.4, -0.2) is 36.5 Å². The summed E-state index contributed by atoms with van der Waals surface area (Å²) in [5, 5.41) is 3.39. The fourth-order valence-corrected chi connectivity index (χ4v) is 4.49. The largest absolute Gasteiger partial charge is 0.465 e. The van der Waals surface area contributed by atoms with E-state index in [0.29, 0.717) is 0 Å². The molecule has 0 saturated carbocycles. The second kappa shape index (κ2) is 19.7. The first-order valence-electron chi connectivity index (χ1n) is 15.3. The first-order chi connectivity index (χ1) is 18.5. The number of ether oxygens (including phenoxy) is 2. The lowest BCUT2D eigenvalue weighted by Crippen LogP contribution is -2.38. The van der Waals surface area contributed by atoms with Crippen LogP contribution in [0.25, 0.3) is 0 Å². The molecule has 0 amide bonds. The summed E-state index contributed by atoms with van der Waals surface area (Å²) in [7, 11) is 0. The van der Waals surface area contributed by atoms with E-state index in [2.05, 4.69) is 19.2 Å². The molecule has 0 spiro atoms. The summed E-state index contributed by atoms with van der Waals surface area (Å²) in [6.07, 6.45) is 17.3. The van der Waals surface area contributed by atoms with Crippen LogP contribution in [0.2, 0.25) is 0 Å². The van der Waals surface area contributed by atoms with E-state index < -0.39 is 29.2 Å². The van der Waals surface area contributed by atoms with E-state index in [1.807, 2.05) is 0 Å². The summed E-state index contributed by atoms with van der Waals surface area (Å²) < 4.78 is 10.3. The molecule has 0 fully saturated rings. The number of ketones is 1. The van der Waals surface area contributed by atoms with Crippen LogP contribution in [0, 0.1) is 11.8 Å². The minimum absolute atomic E-state index is 0.0764. The number of carbonyl (C=O) groups is 3. The van der Waals surface area contributed by atoms with Crippen molar-refractivity contribution in [3.8, 4) is 0 Å². The maximum Gasteiger partial charge on any atom is 0.328 e. The van der Waals surface area contributed by atoms with Gasteiger partial charge < -0.3 is 14.8 Å². The molecule has 1 rings (SSSR count). The van der Waals surface area contributed by atoms with Gasteiger partial charge in [0.05, 0.1) is 6.61 Å². The number of carbonyl (C=O) groups excluding carboxylic acids is 3. The molecule has 0 aliphatic rings. The lowest BCUT2D eigenvalue weighted by molar-refractivity contribution is -0.166. The van der Waals surface area contributed by atoms with E-state index in [1.165, 1.54) is 77.0 Å². The Balaban J connectivity index is 2.27.